The number of likely N-dealkylation sites (N-methyl/N-ethyl adjacent to an activating group) is 1. The van der Waals surface area contributed by atoms with Crippen molar-refractivity contribution >= 4 is 17.0 Å². The molecule has 0 radical (unpaired) electrons. The summed E-state index contributed by atoms with van der Waals surface area (Å²) in [5, 5.41) is 11.0. The summed E-state index contributed by atoms with van der Waals surface area (Å²) in [7, 11) is 1.99. The molecule has 0 saturated heterocycles. The van der Waals surface area contributed by atoms with Crippen LogP contribution < -0.4 is 4.90 Å². The molecule has 3 aliphatic rings. The lowest BCUT2D eigenvalue weighted by molar-refractivity contribution is -0.419. The number of carbonyl (C=O) groups is 1. The van der Waals surface area contributed by atoms with Gasteiger partial charge in [-0.3, -0.25) is 14.9 Å². The number of fused-ring (bicyclic) bond motifs is 1. The molecule has 0 saturated carbocycles. The third-order valence-corrected chi connectivity index (χ3v) is 5.57. The van der Waals surface area contributed by atoms with E-state index in [1.54, 1.807) is 6.08 Å². The SMILES string of the molecule is CN1/C(=C\C=C2\C=C([N+](=O)[O-])C=CC2=O)C(C)(C)c2cc(C3=C=CC=C3)ccc21. The molecule has 1 aromatic carbocycles. The maximum absolute atomic E-state index is 12.1. The van der Waals surface area contributed by atoms with Gasteiger partial charge >= 0.3 is 0 Å². The lowest BCUT2D eigenvalue weighted by Crippen LogP contribution is -2.22. The highest BCUT2D eigenvalue weighted by atomic mass is 16.6. The Labute approximate surface area is 169 Å². The zero-order valence-corrected chi connectivity index (χ0v) is 16.5. The molecule has 0 amide bonds. The van der Waals surface area contributed by atoms with Crippen LogP contribution in [0.3, 0.4) is 0 Å². The van der Waals surface area contributed by atoms with Gasteiger partial charge in [0.2, 0.25) is 0 Å². The zero-order chi connectivity index (χ0) is 20.8. The smallest absolute Gasteiger partial charge is 0.270 e. The lowest BCUT2D eigenvalue weighted by atomic mass is 9.82. The van der Waals surface area contributed by atoms with E-state index in [-0.39, 0.29) is 16.9 Å². The van der Waals surface area contributed by atoms with Gasteiger partial charge in [-0.25, -0.2) is 0 Å². The third-order valence-electron chi connectivity index (χ3n) is 5.57. The minimum absolute atomic E-state index is 0.0906. The van der Waals surface area contributed by atoms with Gasteiger partial charge in [0.05, 0.1) is 4.92 Å². The second-order valence-electron chi connectivity index (χ2n) is 7.70. The molecule has 0 fully saturated rings. The zero-order valence-electron chi connectivity index (χ0n) is 16.5. The summed E-state index contributed by atoms with van der Waals surface area (Å²) < 4.78 is 0. The van der Waals surface area contributed by atoms with Crippen molar-refractivity contribution < 1.29 is 9.72 Å². The highest BCUT2D eigenvalue weighted by molar-refractivity contribution is 6.07. The van der Waals surface area contributed by atoms with E-state index in [9.17, 15) is 14.9 Å². The van der Waals surface area contributed by atoms with E-state index in [4.69, 9.17) is 0 Å². The molecule has 1 aromatic rings. The van der Waals surface area contributed by atoms with Crippen LogP contribution in [0.2, 0.25) is 0 Å². The molecule has 4 rings (SSSR count). The summed E-state index contributed by atoms with van der Waals surface area (Å²) in [6.07, 6.45) is 13.3. The molecule has 0 bridgehead atoms. The number of hydrogen-bond acceptors (Lipinski definition) is 4. The van der Waals surface area contributed by atoms with Crippen LogP contribution in [0.1, 0.15) is 25.0 Å². The van der Waals surface area contributed by atoms with Gasteiger partial charge < -0.3 is 4.90 Å². The van der Waals surface area contributed by atoms with Crippen molar-refractivity contribution in [2.75, 3.05) is 11.9 Å². The summed E-state index contributed by atoms with van der Waals surface area (Å²) in [6, 6.07) is 6.37. The summed E-state index contributed by atoms with van der Waals surface area (Å²) in [6.45, 7) is 4.28. The Hall–Kier alpha value is -3.69. The number of allylic oxidation sites excluding steroid dienone is 10. The van der Waals surface area contributed by atoms with E-state index in [0.29, 0.717) is 5.57 Å². The number of nitrogens with zero attached hydrogens (tertiary/aromatic N) is 2. The van der Waals surface area contributed by atoms with Gasteiger partial charge in [0.25, 0.3) is 5.70 Å². The average Bonchev–Trinajstić information content (AvgIpc) is 3.28. The molecule has 0 unspecified atom stereocenters. The van der Waals surface area contributed by atoms with Crippen molar-refractivity contribution in [3.8, 4) is 0 Å². The molecule has 1 aliphatic heterocycles. The monoisotopic (exact) mass is 384 g/mol. The molecule has 0 aromatic heterocycles. The molecular formula is C24H20N2O3. The van der Waals surface area contributed by atoms with Crippen LogP contribution in [-0.4, -0.2) is 17.8 Å². The van der Waals surface area contributed by atoms with Gasteiger partial charge in [-0.15, -0.1) is 5.73 Å². The van der Waals surface area contributed by atoms with Crippen molar-refractivity contribution in [1.82, 2.24) is 0 Å². The van der Waals surface area contributed by atoms with Gasteiger partial charge in [-0.1, -0.05) is 26.0 Å². The number of rotatable bonds is 3. The normalized spacial score (nSPS) is 21.8. The molecule has 5 heteroatoms. The van der Waals surface area contributed by atoms with E-state index < -0.39 is 4.92 Å². The largest absolute Gasteiger partial charge is 0.347 e. The summed E-state index contributed by atoms with van der Waals surface area (Å²) in [5.74, 6) is -0.238. The van der Waals surface area contributed by atoms with E-state index in [1.807, 2.05) is 31.4 Å². The van der Waals surface area contributed by atoms with Crippen molar-refractivity contribution in [2.24, 2.45) is 0 Å². The van der Waals surface area contributed by atoms with Crippen LogP contribution in [0.5, 0.6) is 0 Å². The third kappa shape index (κ3) is 3.12. The van der Waals surface area contributed by atoms with E-state index in [1.165, 1.54) is 23.8 Å². The molecule has 2 aliphatic carbocycles. The number of carbonyl (C=O) groups excluding carboxylic acids is 1. The number of benzene rings is 1. The summed E-state index contributed by atoms with van der Waals surface area (Å²) >= 11 is 0. The fourth-order valence-corrected chi connectivity index (χ4v) is 3.96. The van der Waals surface area contributed by atoms with Crippen LogP contribution in [0.15, 0.2) is 89.5 Å². The van der Waals surface area contributed by atoms with Gasteiger partial charge in [0.1, 0.15) is 0 Å². The van der Waals surface area contributed by atoms with Crippen molar-refractivity contribution in [3.05, 3.63) is 111 Å². The average molecular weight is 384 g/mol. The van der Waals surface area contributed by atoms with Crippen LogP contribution >= 0.6 is 0 Å². The van der Waals surface area contributed by atoms with Gasteiger partial charge in [0.15, 0.2) is 5.78 Å². The van der Waals surface area contributed by atoms with Crippen LogP contribution in [0, 0.1) is 10.1 Å². The predicted molar refractivity (Wildman–Crippen MR) is 114 cm³/mol. The Morgan fingerprint density at radius 1 is 1.17 bits per heavy atom. The Balaban J connectivity index is 1.74. The minimum atomic E-state index is -0.493. The quantitative estimate of drug-likeness (QED) is 0.330. The lowest BCUT2D eigenvalue weighted by Gasteiger charge is -2.24. The number of hydrogen-bond donors (Lipinski definition) is 0. The first-order valence-electron chi connectivity index (χ1n) is 9.32. The van der Waals surface area contributed by atoms with Crippen molar-refractivity contribution in [1.29, 1.82) is 0 Å². The van der Waals surface area contributed by atoms with Gasteiger partial charge in [-0.2, -0.15) is 0 Å². The fourth-order valence-electron chi connectivity index (χ4n) is 3.96. The second kappa shape index (κ2) is 6.73. The van der Waals surface area contributed by atoms with Gasteiger partial charge in [-0.05, 0) is 53.6 Å². The highest BCUT2D eigenvalue weighted by Gasteiger charge is 2.38. The van der Waals surface area contributed by atoms with E-state index in [2.05, 4.69) is 42.7 Å². The molecular weight excluding hydrogens is 364 g/mol. The first kappa shape index (κ1) is 18.7. The van der Waals surface area contributed by atoms with Crippen LogP contribution in [0.25, 0.3) is 5.57 Å². The molecule has 5 nitrogen and oxygen atoms in total. The number of nitro groups is 1. The van der Waals surface area contributed by atoms with Crippen molar-refractivity contribution in [3.63, 3.8) is 0 Å². The Morgan fingerprint density at radius 3 is 2.66 bits per heavy atom. The summed E-state index contributed by atoms with van der Waals surface area (Å²) in [5.41, 5.74) is 8.64. The van der Waals surface area contributed by atoms with Crippen molar-refractivity contribution in [2.45, 2.75) is 19.3 Å². The molecule has 0 N–H and O–H groups in total. The molecule has 29 heavy (non-hydrogen) atoms. The van der Waals surface area contributed by atoms with Crippen LogP contribution in [-0.2, 0) is 10.2 Å². The minimum Gasteiger partial charge on any atom is -0.347 e. The molecule has 0 atom stereocenters. The topological polar surface area (TPSA) is 63.4 Å². The number of ketones is 1. The first-order chi connectivity index (χ1) is 13.8. The standard InChI is InChI=1S/C24H20N2O3/c1-24(2)20-15-17(16-6-4-5-7-16)8-11-21(20)25(3)23(24)13-9-18-14-19(26(28)29)10-12-22(18)27/h4-6,8-15H,1-3H3/b18-9-,23-13-. The Kier molecular flexibility index (Phi) is 4.33. The Bertz CT molecular complexity index is 1170. The number of anilines is 1. The van der Waals surface area contributed by atoms with Gasteiger partial charge in [0, 0.05) is 47.1 Å². The maximum atomic E-state index is 12.1. The highest BCUT2D eigenvalue weighted by Crippen LogP contribution is 2.47. The van der Waals surface area contributed by atoms with E-state index in [0.717, 1.165) is 22.5 Å². The Morgan fingerprint density at radius 2 is 1.97 bits per heavy atom. The summed E-state index contributed by atoms with van der Waals surface area (Å²) in [4.78, 5) is 24.8. The van der Waals surface area contributed by atoms with Crippen LogP contribution in [0.4, 0.5) is 5.69 Å². The maximum Gasteiger partial charge on any atom is 0.270 e. The second-order valence-corrected chi connectivity index (χ2v) is 7.70. The molecule has 1 heterocycles. The first-order valence-corrected chi connectivity index (χ1v) is 9.32. The van der Waals surface area contributed by atoms with E-state index >= 15 is 0 Å². The molecule has 0 spiro atoms. The predicted octanol–water partition coefficient (Wildman–Crippen LogP) is 4.63. The molecule has 144 valence electrons. The fraction of sp³-hybridized carbons (Fsp3) is 0.167.